The molecule has 2 saturated heterocycles. The van der Waals surface area contributed by atoms with Crippen LogP contribution >= 0.6 is 0 Å². The predicted molar refractivity (Wildman–Crippen MR) is 88.1 cm³/mol. The monoisotopic (exact) mass is 321 g/mol. The van der Waals surface area contributed by atoms with Crippen molar-refractivity contribution in [3.63, 3.8) is 0 Å². The number of nitrogens with zero attached hydrogens (tertiary/aromatic N) is 1. The van der Waals surface area contributed by atoms with Gasteiger partial charge in [0.25, 0.3) is 0 Å². The van der Waals surface area contributed by atoms with Crippen molar-refractivity contribution in [2.75, 3.05) is 20.8 Å². The molecule has 0 aromatic heterocycles. The zero-order valence-corrected chi connectivity index (χ0v) is 13.9. The highest BCUT2D eigenvalue weighted by atomic mass is 16.5. The van der Waals surface area contributed by atoms with E-state index in [-0.39, 0.29) is 18.7 Å². The molecular formula is C18H27NO4. The van der Waals surface area contributed by atoms with Crippen LogP contribution in [0.15, 0.2) is 30.3 Å². The smallest absolute Gasteiger partial charge is 0.316 e. The molecule has 23 heavy (non-hydrogen) atoms. The highest BCUT2D eigenvalue weighted by molar-refractivity contribution is 5.78. The second kappa shape index (κ2) is 8.43. The number of ether oxygens (including phenoxy) is 1. The summed E-state index contributed by atoms with van der Waals surface area (Å²) < 4.78 is 5.70. The van der Waals surface area contributed by atoms with E-state index in [1.54, 1.807) is 0 Å². The fourth-order valence-corrected chi connectivity index (χ4v) is 3.71. The SMILES string of the molecule is CN1C2CCC1CC(OC(=O)[C@H](CO)c1ccccc1)C2.CO. The normalized spacial score (nSPS) is 27.7. The van der Waals surface area contributed by atoms with Crippen molar-refractivity contribution in [1.82, 2.24) is 4.90 Å². The van der Waals surface area contributed by atoms with E-state index in [0.717, 1.165) is 25.5 Å². The molecule has 1 aromatic rings. The summed E-state index contributed by atoms with van der Waals surface area (Å²) in [6.45, 7) is -0.206. The van der Waals surface area contributed by atoms with Gasteiger partial charge in [-0.1, -0.05) is 30.3 Å². The van der Waals surface area contributed by atoms with Crippen LogP contribution in [0.2, 0.25) is 0 Å². The van der Waals surface area contributed by atoms with Crippen molar-refractivity contribution >= 4 is 5.97 Å². The second-order valence-corrected chi connectivity index (χ2v) is 6.23. The number of fused-ring (bicyclic) bond motifs is 2. The van der Waals surface area contributed by atoms with Crippen molar-refractivity contribution in [2.24, 2.45) is 0 Å². The number of hydrogen-bond acceptors (Lipinski definition) is 5. The Bertz CT molecular complexity index is 479. The fourth-order valence-electron chi connectivity index (χ4n) is 3.71. The van der Waals surface area contributed by atoms with E-state index in [2.05, 4.69) is 11.9 Å². The molecule has 128 valence electrons. The van der Waals surface area contributed by atoms with Gasteiger partial charge in [-0.3, -0.25) is 4.79 Å². The van der Waals surface area contributed by atoms with Gasteiger partial charge in [-0.25, -0.2) is 0 Å². The summed E-state index contributed by atoms with van der Waals surface area (Å²) in [5.74, 6) is -0.860. The summed E-state index contributed by atoms with van der Waals surface area (Å²) in [4.78, 5) is 14.8. The maximum Gasteiger partial charge on any atom is 0.316 e. The fraction of sp³-hybridized carbons (Fsp3) is 0.611. The molecule has 0 spiro atoms. The Balaban J connectivity index is 0.000000924. The van der Waals surface area contributed by atoms with E-state index in [9.17, 15) is 9.90 Å². The molecule has 3 atom stereocenters. The van der Waals surface area contributed by atoms with E-state index in [0.29, 0.717) is 12.1 Å². The molecule has 3 rings (SSSR count). The van der Waals surface area contributed by atoms with Gasteiger partial charge in [-0.05, 0) is 38.3 Å². The topological polar surface area (TPSA) is 70.0 Å². The molecule has 2 aliphatic rings. The molecule has 0 aliphatic carbocycles. The largest absolute Gasteiger partial charge is 0.462 e. The Kier molecular flexibility index (Phi) is 6.57. The van der Waals surface area contributed by atoms with E-state index >= 15 is 0 Å². The summed E-state index contributed by atoms with van der Waals surface area (Å²) in [6, 6.07) is 10.5. The summed E-state index contributed by atoms with van der Waals surface area (Å²) in [7, 11) is 3.17. The van der Waals surface area contributed by atoms with Crippen LogP contribution in [0, 0.1) is 0 Å². The van der Waals surface area contributed by atoms with Gasteiger partial charge in [0.05, 0.1) is 6.61 Å². The average Bonchev–Trinajstić information content (AvgIpc) is 2.79. The van der Waals surface area contributed by atoms with Crippen LogP contribution < -0.4 is 0 Å². The first-order valence-corrected chi connectivity index (χ1v) is 8.22. The lowest BCUT2D eigenvalue weighted by atomic mass is 9.98. The number of aliphatic hydroxyl groups excluding tert-OH is 2. The Morgan fingerprint density at radius 1 is 1.22 bits per heavy atom. The van der Waals surface area contributed by atoms with E-state index in [4.69, 9.17) is 9.84 Å². The third-order valence-electron chi connectivity index (χ3n) is 5.01. The first-order chi connectivity index (χ1) is 11.2. The highest BCUT2D eigenvalue weighted by Crippen LogP contribution is 2.36. The predicted octanol–water partition coefficient (Wildman–Crippen LogP) is 1.54. The van der Waals surface area contributed by atoms with Gasteiger partial charge >= 0.3 is 5.97 Å². The van der Waals surface area contributed by atoms with Crippen LogP contribution in [0.4, 0.5) is 0 Å². The van der Waals surface area contributed by atoms with Crippen LogP contribution in [0.3, 0.4) is 0 Å². The summed E-state index contributed by atoms with van der Waals surface area (Å²) in [6.07, 6.45) is 4.26. The van der Waals surface area contributed by atoms with Gasteiger partial charge in [-0.2, -0.15) is 0 Å². The lowest BCUT2D eigenvalue weighted by molar-refractivity contribution is -0.155. The third-order valence-corrected chi connectivity index (χ3v) is 5.01. The third kappa shape index (κ3) is 4.10. The van der Waals surface area contributed by atoms with Crippen LogP contribution in [0.25, 0.3) is 0 Å². The van der Waals surface area contributed by atoms with E-state index in [1.165, 1.54) is 12.8 Å². The molecule has 2 heterocycles. The number of esters is 1. The number of aliphatic hydroxyl groups is 2. The number of benzene rings is 1. The second-order valence-electron chi connectivity index (χ2n) is 6.23. The van der Waals surface area contributed by atoms with Crippen molar-refractivity contribution < 1.29 is 19.7 Å². The maximum atomic E-state index is 12.4. The van der Waals surface area contributed by atoms with Gasteiger partial charge in [0.1, 0.15) is 12.0 Å². The number of carbonyl (C=O) groups is 1. The Hall–Kier alpha value is -1.43. The van der Waals surface area contributed by atoms with E-state index < -0.39 is 5.92 Å². The minimum absolute atomic E-state index is 0.00367. The number of hydrogen-bond donors (Lipinski definition) is 2. The van der Waals surface area contributed by atoms with Crippen LogP contribution in [0.5, 0.6) is 0 Å². The minimum Gasteiger partial charge on any atom is -0.462 e. The average molecular weight is 321 g/mol. The van der Waals surface area contributed by atoms with Gasteiger partial charge < -0.3 is 19.8 Å². The van der Waals surface area contributed by atoms with Crippen LogP contribution in [-0.4, -0.2) is 60.0 Å². The first-order valence-electron chi connectivity index (χ1n) is 8.22. The summed E-state index contributed by atoms with van der Waals surface area (Å²) in [5.41, 5.74) is 0.820. The highest BCUT2D eigenvalue weighted by Gasteiger charge is 2.40. The molecule has 5 nitrogen and oxygen atoms in total. The van der Waals surface area contributed by atoms with Crippen molar-refractivity contribution in [3.05, 3.63) is 35.9 Å². The Morgan fingerprint density at radius 2 is 1.78 bits per heavy atom. The minimum atomic E-state index is -0.566. The summed E-state index contributed by atoms with van der Waals surface area (Å²) in [5, 5.41) is 16.5. The molecule has 5 heteroatoms. The van der Waals surface area contributed by atoms with Crippen molar-refractivity contribution in [2.45, 2.75) is 49.8 Å². The maximum absolute atomic E-state index is 12.4. The zero-order chi connectivity index (χ0) is 16.8. The Morgan fingerprint density at radius 3 is 2.30 bits per heavy atom. The molecule has 0 radical (unpaired) electrons. The molecule has 2 unspecified atom stereocenters. The zero-order valence-electron chi connectivity index (χ0n) is 13.9. The standard InChI is InChI=1S/C17H23NO3.CH4O/c1-18-13-7-8-14(18)10-15(9-13)21-17(20)16(11-19)12-5-3-2-4-6-12;1-2/h2-6,13-16,19H,7-11H2,1H3;2H,1H3/t13?,14?,15?,16-;/m1./s1. The van der Waals surface area contributed by atoms with Crippen molar-refractivity contribution in [3.8, 4) is 0 Å². The molecule has 2 aliphatic heterocycles. The number of rotatable bonds is 4. The summed E-state index contributed by atoms with van der Waals surface area (Å²) >= 11 is 0. The molecule has 0 saturated carbocycles. The molecule has 2 bridgehead atoms. The van der Waals surface area contributed by atoms with Gasteiger partial charge in [0, 0.05) is 19.2 Å². The molecule has 1 aromatic carbocycles. The molecular weight excluding hydrogens is 294 g/mol. The number of carbonyl (C=O) groups excluding carboxylic acids is 1. The Labute approximate surface area is 137 Å². The number of piperidine rings is 1. The van der Waals surface area contributed by atoms with Gasteiger partial charge in [0.15, 0.2) is 0 Å². The quantitative estimate of drug-likeness (QED) is 0.823. The van der Waals surface area contributed by atoms with Gasteiger partial charge in [0.2, 0.25) is 0 Å². The molecule has 2 fully saturated rings. The lowest BCUT2D eigenvalue weighted by Gasteiger charge is -2.36. The lowest BCUT2D eigenvalue weighted by Crippen LogP contribution is -2.43. The first kappa shape index (κ1) is 17.9. The van der Waals surface area contributed by atoms with Crippen molar-refractivity contribution in [1.29, 1.82) is 0 Å². The molecule has 0 amide bonds. The molecule has 2 N–H and O–H groups in total. The van der Waals surface area contributed by atoms with E-state index in [1.807, 2.05) is 30.3 Å². The van der Waals surface area contributed by atoms with Gasteiger partial charge in [-0.15, -0.1) is 0 Å². The van der Waals surface area contributed by atoms with Crippen LogP contribution in [-0.2, 0) is 9.53 Å². The van der Waals surface area contributed by atoms with Crippen LogP contribution in [0.1, 0.15) is 37.2 Å².